The van der Waals surface area contributed by atoms with Gasteiger partial charge in [-0.1, -0.05) is 34.5 Å². The molecule has 1 atom stereocenters. The van der Waals surface area contributed by atoms with Crippen molar-refractivity contribution in [2.75, 3.05) is 0 Å². The van der Waals surface area contributed by atoms with E-state index in [0.29, 0.717) is 4.47 Å². The fourth-order valence-electron chi connectivity index (χ4n) is 1.25. The van der Waals surface area contributed by atoms with E-state index in [9.17, 15) is 13.2 Å². The molecule has 1 rings (SSSR count). The first-order valence-corrected chi connectivity index (χ1v) is 7.63. The normalized spacial score (nSPS) is 13.3. The standard InChI is InChI=1S/C10H11BrClNO4S/c1-2-8(10(14)15)13-18(16,17)9-4-3-6(11)5-7(9)12/h3-5,8,13H,2H2,1H3,(H,14,15)/t8-/m1/s1. The van der Waals surface area contributed by atoms with Crippen LogP contribution < -0.4 is 4.72 Å². The maximum Gasteiger partial charge on any atom is 0.321 e. The quantitative estimate of drug-likeness (QED) is 0.847. The summed E-state index contributed by atoms with van der Waals surface area (Å²) in [6.45, 7) is 1.57. The van der Waals surface area contributed by atoms with E-state index in [2.05, 4.69) is 20.7 Å². The molecule has 8 heteroatoms. The Morgan fingerprint density at radius 3 is 2.61 bits per heavy atom. The highest BCUT2D eigenvalue weighted by molar-refractivity contribution is 9.10. The number of nitrogens with one attached hydrogen (secondary N) is 1. The molecule has 0 heterocycles. The summed E-state index contributed by atoms with van der Waals surface area (Å²) in [5.41, 5.74) is 0. The molecule has 5 nitrogen and oxygen atoms in total. The van der Waals surface area contributed by atoms with E-state index in [0.717, 1.165) is 0 Å². The average molecular weight is 357 g/mol. The molecule has 0 fully saturated rings. The van der Waals surface area contributed by atoms with Crippen LogP contribution in [-0.4, -0.2) is 25.5 Å². The molecule has 0 unspecified atom stereocenters. The third-order valence-corrected chi connectivity index (χ3v) is 4.64. The minimum absolute atomic E-state index is 0.0251. The number of rotatable bonds is 5. The van der Waals surface area contributed by atoms with Crippen LogP contribution in [0.3, 0.4) is 0 Å². The van der Waals surface area contributed by atoms with Crippen LogP contribution in [0.1, 0.15) is 13.3 Å². The van der Waals surface area contributed by atoms with Crippen LogP contribution in [0.25, 0.3) is 0 Å². The van der Waals surface area contributed by atoms with E-state index in [4.69, 9.17) is 16.7 Å². The topological polar surface area (TPSA) is 83.5 Å². The van der Waals surface area contributed by atoms with Crippen LogP contribution >= 0.6 is 27.5 Å². The van der Waals surface area contributed by atoms with Crippen LogP contribution in [0.2, 0.25) is 5.02 Å². The molecular formula is C10H11BrClNO4S. The molecule has 0 spiro atoms. The number of hydrogen-bond donors (Lipinski definition) is 2. The van der Waals surface area contributed by atoms with Crippen LogP contribution in [0.5, 0.6) is 0 Å². The second-order valence-electron chi connectivity index (χ2n) is 3.50. The highest BCUT2D eigenvalue weighted by atomic mass is 79.9. The molecule has 1 aromatic rings. The molecule has 0 bridgehead atoms. The van der Waals surface area contributed by atoms with Gasteiger partial charge in [-0.15, -0.1) is 0 Å². The number of carboxylic acid groups (broad SMARTS) is 1. The van der Waals surface area contributed by atoms with Crippen LogP contribution in [0.15, 0.2) is 27.6 Å². The van der Waals surface area contributed by atoms with Gasteiger partial charge in [0.25, 0.3) is 0 Å². The molecule has 0 saturated heterocycles. The van der Waals surface area contributed by atoms with E-state index >= 15 is 0 Å². The second-order valence-corrected chi connectivity index (χ2v) is 6.50. The maximum atomic E-state index is 12.0. The Kier molecular flexibility index (Phi) is 5.15. The Hall–Kier alpha value is -0.630. The Balaban J connectivity index is 3.10. The molecule has 2 N–H and O–H groups in total. The highest BCUT2D eigenvalue weighted by Gasteiger charge is 2.25. The van der Waals surface area contributed by atoms with Gasteiger partial charge in [0.1, 0.15) is 10.9 Å². The van der Waals surface area contributed by atoms with Gasteiger partial charge in [-0.2, -0.15) is 4.72 Å². The zero-order valence-electron chi connectivity index (χ0n) is 9.35. The molecule has 0 aliphatic carbocycles. The Bertz CT molecular complexity index is 561. The summed E-state index contributed by atoms with van der Waals surface area (Å²) in [6, 6.07) is 3.08. The first-order chi connectivity index (χ1) is 8.27. The van der Waals surface area contributed by atoms with Gasteiger partial charge in [-0.3, -0.25) is 4.79 Å². The molecule has 0 saturated carbocycles. The number of carboxylic acids is 1. The zero-order chi connectivity index (χ0) is 13.9. The summed E-state index contributed by atoms with van der Waals surface area (Å²) in [6.07, 6.45) is 0.142. The minimum Gasteiger partial charge on any atom is -0.480 e. The monoisotopic (exact) mass is 355 g/mol. The smallest absolute Gasteiger partial charge is 0.321 e. The lowest BCUT2D eigenvalue weighted by Crippen LogP contribution is -2.40. The Morgan fingerprint density at radius 2 is 2.17 bits per heavy atom. The lowest BCUT2D eigenvalue weighted by molar-refractivity contribution is -0.139. The molecule has 1 aromatic carbocycles. The van der Waals surface area contributed by atoms with Crippen molar-refractivity contribution in [2.24, 2.45) is 0 Å². The number of sulfonamides is 1. The summed E-state index contributed by atoms with van der Waals surface area (Å²) in [5, 5.41) is 8.85. The van der Waals surface area contributed by atoms with Gasteiger partial charge in [0.05, 0.1) is 5.02 Å². The van der Waals surface area contributed by atoms with Crippen LogP contribution in [-0.2, 0) is 14.8 Å². The van der Waals surface area contributed by atoms with Gasteiger partial charge < -0.3 is 5.11 Å². The van der Waals surface area contributed by atoms with Crippen molar-refractivity contribution in [1.29, 1.82) is 0 Å². The molecule has 100 valence electrons. The molecule has 0 radical (unpaired) electrons. The number of benzene rings is 1. The van der Waals surface area contributed by atoms with E-state index < -0.39 is 22.0 Å². The third kappa shape index (κ3) is 3.68. The Labute approximate surface area is 118 Å². The van der Waals surface area contributed by atoms with Crippen LogP contribution in [0, 0.1) is 0 Å². The first-order valence-electron chi connectivity index (χ1n) is 4.98. The van der Waals surface area contributed by atoms with Crippen molar-refractivity contribution in [1.82, 2.24) is 4.72 Å². The molecule has 0 aliphatic heterocycles. The maximum absolute atomic E-state index is 12.0. The molecular weight excluding hydrogens is 346 g/mol. The van der Waals surface area contributed by atoms with Crippen molar-refractivity contribution in [3.05, 3.63) is 27.7 Å². The average Bonchev–Trinajstić information content (AvgIpc) is 2.24. The van der Waals surface area contributed by atoms with E-state index in [1.54, 1.807) is 6.92 Å². The molecule has 0 amide bonds. The summed E-state index contributed by atoms with van der Waals surface area (Å²) in [7, 11) is -3.95. The Morgan fingerprint density at radius 1 is 1.56 bits per heavy atom. The molecule has 18 heavy (non-hydrogen) atoms. The van der Waals surface area contributed by atoms with Crippen molar-refractivity contribution >= 4 is 43.5 Å². The van der Waals surface area contributed by atoms with Crippen molar-refractivity contribution < 1.29 is 18.3 Å². The fourth-order valence-corrected chi connectivity index (χ4v) is 3.56. The number of aliphatic carboxylic acids is 1. The SMILES string of the molecule is CC[C@@H](NS(=O)(=O)c1ccc(Br)cc1Cl)C(=O)O. The zero-order valence-corrected chi connectivity index (χ0v) is 12.5. The number of halogens is 2. The molecule has 0 aliphatic rings. The van der Waals surface area contributed by atoms with Crippen molar-refractivity contribution in [3.8, 4) is 0 Å². The lowest BCUT2D eigenvalue weighted by Gasteiger charge is -2.13. The summed E-state index contributed by atoms with van der Waals surface area (Å²) >= 11 is 8.98. The largest absolute Gasteiger partial charge is 0.480 e. The number of hydrogen-bond acceptors (Lipinski definition) is 3. The van der Waals surface area contributed by atoms with Gasteiger partial charge in [0.2, 0.25) is 10.0 Å². The summed E-state index contributed by atoms with van der Waals surface area (Å²) < 4.78 is 26.7. The van der Waals surface area contributed by atoms with Crippen LogP contribution in [0.4, 0.5) is 0 Å². The second kappa shape index (κ2) is 6.01. The van der Waals surface area contributed by atoms with Crippen molar-refractivity contribution in [3.63, 3.8) is 0 Å². The summed E-state index contributed by atoms with van der Waals surface area (Å²) in [4.78, 5) is 10.7. The van der Waals surface area contributed by atoms with Gasteiger partial charge in [0.15, 0.2) is 0 Å². The van der Waals surface area contributed by atoms with Crippen molar-refractivity contribution in [2.45, 2.75) is 24.3 Å². The minimum atomic E-state index is -3.95. The molecule has 0 aromatic heterocycles. The lowest BCUT2D eigenvalue weighted by atomic mass is 10.2. The predicted octanol–water partition coefficient (Wildman–Crippen LogP) is 2.24. The van der Waals surface area contributed by atoms with Gasteiger partial charge in [-0.25, -0.2) is 8.42 Å². The summed E-state index contributed by atoms with van der Waals surface area (Å²) in [5.74, 6) is -1.23. The predicted molar refractivity (Wildman–Crippen MR) is 71.2 cm³/mol. The van der Waals surface area contributed by atoms with Gasteiger partial charge >= 0.3 is 5.97 Å². The first kappa shape index (κ1) is 15.4. The van der Waals surface area contributed by atoms with Gasteiger partial charge in [-0.05, 0) is 24.6 Å². The fraction of sp³-hybridized carbons (Fsp3) is 0.300. The van der Waals surface area contributed by atoms with Gasteiger partial charge in [0, 0.05) is 4.47 Å². The number of carbonyl (C=O) groups is 1. The van der Waals surface area contributed by atoms with E-state index in [1.165, 1.54) is 18.2 Å². The van der Waals surface area contributed by atoms with E-state index in [1.807, 2.05) is 0 Å². The highest BCUT2D eigenvalue weighted by Crippen LogP contribution is 2.25. The third-order valence-electron chi connectivity index (χ3n) is 2.19. The van der Waals surface area contributed by atoms with E-state index in [-0.39, 0.29) is 16.3 Å².